The molecule has 0 bridgehead atoms. The van der Waals surface area contributed by atoms with Crippen molar-refractivity contribution < 1.29 is 19.0 Å². The van der Waals surface area contributed by atoms with E-state index in [4.69, 9.17) is 20.6 Å². The van der Waals surface area contributed by atoms with Crippen LogP contribution >= 0.6 is 0 Å². The average Bonchev–Trinajstić information content (AvgIpc) is 2.64. The Morgan fingerprint density at radius 3 is 3.12 bits per heavy atom. The molecular weight excluding hydrogens is 306 g/mol. The predicted molar refractivity (Wildman–Crippen MR) is 90.1 cm³/mol. The average molecular weight is 329 g/mol. The molecule has 1 unspecified atom stereocenters. The molecule has 1 aromatic rings. The number of carbonyl (C=O) groups excluding carboxylic acids is 1. The molecule has 1 atom stereocenters. The first-order valence-electron chi connectivity index (χ1n) is 8.48. The van der Waals surface area contributed by atoms with Gasteiger partial charge in [0, 0.05) is 19.5 Å². The van der Waals surface area contributed by atoms with Gasteiger partial charge in [-0.1, -0.05) is 18.1 Å². The Kier molecular flexibility index (Phi) is 5.60. The summed E-state index contributed by atoms with van der Waals surface area (Å²) < 4.78 is 16.9. The number of aryl methyl sites for hydroxylation is 1. The third-order valence-corrected chi connectivity index (χ3v) is 4.39. The van der Waals surface area contributed by atoms with Gasteiger partial charge in [0.1, 0.15) is 19.8 Å². The van der Waals surface area contributed by atoms with Gasteiger partial charge in [-0.15, -0.1) is 6.42 Å². The Labute approximate surface area is 142 Å². The van der Waals surface area contributed by atoms with E-state index in [0.29, 0.717) is 39.2 Å². The van der Waals surface area contributed by atoms with Crippen molar-refractivity contribution in [3.8, 4) is 23.8 Å². The van der Waals surface area contributed by atoms with Crippen LogP contribution in [0, 0.1) is 12.3 Å². The van der Waals surface area contributed by atoms with Gasteiger partial charge in [-0.25, -0.2) is 0 Å². The molecule has 24 heavy (non-hydrogen) atoms. The van der Waals surface area contributed by atoms with Crippen LogP contribution in [0.2, 0.25) is 0 Å². The lowest BCUT2D eigenvalue weighted by atomic mass is 10.0. The molecule has 0 radical (unpaired) electrons. The van der Waals surface area contributed by atoms with Gasteiger partial charge in [0.2, 0.25) is 5.91 Å². The van der Waals surface area contributed by atoms with Gasteiger partial charge in [0.15, 0.2) is 11.5 Å². The van der Waals surface area contributed by atoms with Crippen molar-refractivity contribution in [3.05, 3.63) is 23.8 Å². The molecule has 1 aromatic carbocycles. The van der Waals surface area contributed by atoms with Crippen molar-refractivity contribution in [1.29, 1.82) is 0 Å². The SMILES string of the molecule is C#CCOC1CCCN(C(=O)CCc2cccc3c2OCCO3)C1. The predicted octanol–water partition coefficient (Wildman–Crippen LogP) is 2.03. The molecule has 5 nitrogen and oxygen atoms in total. The fraction of sp³-hybridized carbons (Fsp3) is 0.526. The van der Waals surface area contributed by atoms with Gasteiger partial charge >= 0.3 is 0 Å². The molecule has 2 heterocycles. The lowest BCUT2D eigenvalue weighted by Crippen LogP contribution is -2.43. The molecule has 1 fully saturated rings. The van der Waals surface area contributed by atoms with Gasteiger partial charge in [0.05, 0.1) is 6.10 Å². The molecule has 0 aliphatic carbocycles. The van der Waals surface area contributed by atoms with Gasteiger partial charge in [-0.2, -0.15) is 0 Å². The molecule has 2 aliphatic heterocycles. The van der Waals surface area contributed by atoms with Crippen LogP contribution < -0.4 is 9.47 Å². The molecule has 1 amide bonds. The molecule has 0 saturated carbocycles. The number of nitrogens with zero attached hydrogens (tertiary/aromatic N) is 1. The molecular formula is C19H23NO4. The lowest BCUT2D eigenvalue weighted by Gasteiger charge is -2.32. The van der Waals surface area contributed by atoms with Crippen molar-refractivity contribution >= 4 is 5.91 Å². The van der Waals surface area contributed by atoms with E-state index in [2.05, 4.69) is 5.92 Å². The summed E-state index contributed by atoms with van der Waals surface area (Å²) >= 11 is 0. The second kappa shape index (κ2) is 8.07. The van der Waals surface area contributed by atoms with E-state index in [-0.39, 0.29) is 12.0 Å². The number of fused-ring (bicyclic) bond motifs is 1. The van der Waals surface area contributed by atoms with Crippen LogP contribution in [0.15, 0.2) is 18.2 Å². The molecule has 2 aliphatic rings. The quantitative estimate of drug-likeness (QED) is 0.776. The number of hydrogen-bond acceptors (Lipinski definition) is 4. The fourth-order valence-electron chi connectivity index (χ4n) is 3.20. The Morgan fingerprint density at radius 2 is 2.25 bits per heavy atom. The first kappa shape index (κ1) is 16.7. The van der Waals surface area contributed by atoms with Crippen LogP contribution in [-0.4, -0.2) is 49.8 Å². The molecule has 0 N–H and O–H groups in total. The summed E-state index contributed by atoms with van der Waals surface area (Å²) in [5.41, 5.74) is 1.03. The number of rotatable bonds is 5. The standard InChI is InChI=1S/C19H23NO4/c1-2-11-22-16-6-4-10-20(14-16)18(21)9-8-15-5-3-7-17-19(15)24-13-12-23-17/h1,3,5,7,16H,4,6,8-14H2. The van der Waals surface area contributed by atoms with E-state index >= 15 is 0 Å². The summed E-state index contributed by atoms with van der Waals surface area (Å²) in [4.78, 5) is 14.4. The van der Waals surface area contributed by atoms with Crippen molar-refractivity contribution in [2.45, 2.75) is 31.8 Å². The monoisotopic (exact) mass is 329 g/mol. The second-order valence-electron chi connectivity index (χ2n) is 6.06. The first-order valence-corrected chi connectivity index (χ1v) is 8.48. The number of piperidine rings is 1. The van der Waals surface area contributed by atoms with Crippen molar-refractivity contribution in [2.75, 3.05) is 32.9 Å². The molecule has 3 rings (SSSR count). The van der Waals surface area contributed by atoms with E-state index < -0.39 is 0 Å². The molecule has 5 heteroatoms. The van der Waals surface area contributed by atoms with Crippen molar-refractivity contribution in [1.82, 2.24) is 4.90 Å². The zero-order valence-electron chi connectivity index (χ0n) is 13.8. The van der Waals surface area contributed by atoms with E-state index in [1.807, 2.05) is 23.1 Å². The summed E-state index contributed by atoms with van der Waals surface area (Å²) in [6, 6.07) is 5.84. The summed E-state index contributed by atoms with van der Waals surface area (Å²) in [7, 11) is 0. The van der Waals surface area contributed by atoms with Crippen LogP contribution in [0.5, 0.6) is 11.5 Å². The minimum atomic E-state index is 0.0555. The highest BCUT2D eigenvalue weighted by atomic mass is 16.6. The van der Waals surface area contributed by atoms with Crippen LogP contribution in [-0.2, 0) is 16.0 Å². The zero-order valence-corrected chi connectivity index (χ0v) is 13.8. The smallest absolute Gasteiger partial charge is 0.222 e. The molecule has 1 saturated heterocycles. The maximum absolute atomic E-state index is 12.5. The largest absolute Gasteiger partial charge is 0.486 e. The highest BCUT2D eigenvalue weighted by molar-refractivity contribution is 5.76. The number of likely N-dealkylation sites (tertiary alicyclic amines) is 1. The fourth-order valence-corrected chi connectivity index (χ4v) is 3.20. The summed E-state index contributed by atoms with van der Waals surface area (Å²) in [5, 5.41) is 0. The van der Waals surface area contributed by atoms with E-state index in [1.54, 1.807) is 0 Å². The normalized spacial score (nSPS) is 19.6. The molecule has 128 valence electrons. The third-order valence-electron chi connectivity index (χ3n) is 4.39. The first-order chi connectivity index (χ1) is 11.8. The van der Waals surface area contributed by atoms with E-state index in [1.165, 1.54) is 0 Å². The number of amides is 1. The maximum atomic E-state index is 12.5. The van der Waals surface area contributed by atoms with Crippen LogP contribution in [0.3, 0.4) is 0 Å². The Hall–Kier alpha value is -2.19. The zero-order chi connectivity index (χ0) is 16.8. The minimum Gasteiger partial charge on any atom is -0.486 e. The van der Waals surface area contributed by atoms with Gasteiger partial charge in [0.25, 0.3) is 0 Å². The van der Waals surface area contributed by atoms with Gasteiger partial charge < -0.3 is 19.1 Å². The number of para-hydroxylation sites is 1. The maximum Gasteiger partial charge on any atom is 0.222 e. The Morgan fingerprint density at radius 1 is 1.38 bits per heavy atom. The van der Waals surface area contributed by atoms with Crippen molar-refractivity contribution in [2.24, 2.45) is 0 Å². The Balaban J connectivity index is 1.55. The lowest BCUT2D eigenvalue weighted by molar-refractivity contribution is -0.135. The van der Waals surface area contributed by atoms with Crippen molar-refractivity contribution in [3.63, 3.8) is 0 Å². The topological polar surface area (TPSA) is 48.0 Å². The summed E-state index contributed by atoms with van der Waals surface area (Å²) in [6.07, 6.45) is 8.31. The highest BCUT2D eigenvalue weighted by Crippen LogP contribution is 2.34. The Bertz CT molecular complexity index is 622. The van der Waals surface area contributed by atoms with Crippen LogP contribution in [0.25, 0.3) is 0 Å². The van der Waals surface area contributed by atoms with Gasteiger partial charge in [-0.3, -0.25) is 4.79 Å². The van der Waals surface area contributed by atoms with Gasteiger partial charge in [-0.05, 0) is 30.9 Å². The second-order valence-corrected chi connectivity index (χ2v) is 6.06. The summed E-state index contributed by atoms with van der Waals surface area (Å²) in [5.74, 6) is 4.19. The molecule has 0 spiro atoms. The van der Waals surface area contributed by atoms with Crippen LogP contribution in [0.4, 0.5) is 0 Å². The van der Waals surface area contributed by atoms with E-state index in [9.17, 15) is 4.79 Å². The number of hydrogen-bond donors (Lipinski definition) is 0. The molecule has 0 aromatic heterocycles. The minimum absolute atomic E-state index is 0.0555. The number of terminal acetylenes is 1. The van der Waals surface area contributed by atoms with E-state index in [0.717, 1.165) is 36.4 Å². The van der Waals surface area contributed by atoms with Crippen LogP contribution in [0.1, 0.15) is 24.8 Å². The number of carbonyl (C=O) groups is 1. The number of ether oxygens (including phenoxy) is 3. The highest BCUT2D eigenvalue weighted by Gasteiger charge is 2.24. The number of benzene rings is 1. The summed E-state index contributed by atoms with van der Waals surface area (Å²) in [6.45, 7) is 2.86. The third kappa shape index (κ3) is 4.01.